The van der Waals surface area contributed by atoms with Crippen LogP contribution in [0, 0.1) is 0 Å². The molecule has 7 nitrogen and oxygen atoms in total. The zero-order valence-electron chi connectivity index (χ0n) is 14.1. The number of benzene rings is 1. The highest BCUT2D eigenvalue weighted by Crippen LogP contribution is 2.19. The van der Waals surface area contributed by atoms with Crippen LogP contribution in [0.1, 0.15) is 36.0 Å². The van der Waals surface area contributed by atoms with Gasteiger partial charge in [-0.15, -0.1) is 10.2 Å². The second-order valence-corrected chi connectivity index (χ2v) is 7.04. The Bertz CT molecular complexity index is 755. The van der Waals surface area contributed by atoms with E-state index in [9.17, 15) is 9.59 Å². The summed E-state index contributed by atoms with van der Waals surface area (Å²) in [5, 5.41) is 14.2. The van der Waals surface area contributed by atoms with Crippen molar-refractivity contribution in [3.63, 3.8) is 0 Å². The molecule has 0 saturated heterocycles. The van der Waals surface area contributed by atoms with Crippen LogP contribution in [0.15, 0.2) is 35.7 Å². The second-order valence-electron chi connectivity index (χ2n) is 6.10. The summed E-state index contributed by atoms with van der Waals surface area (Å²) in [7, 11) is 1.83. The lowest BCUT2D eigenvalue weighted by molar-refractivity contribution is -0.113. The first-order chi connectivity index (χ1) is 12.1. The Hall–Kier alpha value is -2.35. The zero-order chi connectivity index (χ0) is 17.6. The third-order valence-electron chi connectivity index (χ3n) is 4.10. The van der Waals surface area contributed by atoms with Crippen molar-refractivity contribution < 1.29 is 9.59 Å². The molecule has 0 bridgehead atoms. The predicted octanol–water partition coefficient (Wildman–Crippen LogP) is 2.22. The molecular weight excluding hydrogens is 338 g/mol. The normalized spacial score (nSPS) is 14.4. The lowest BCUT2D eigenvalue weighted by atomic mass is 10.1. The molecule has 0 unspecified atom stereocenters. The number of aromatic nitrogens is 3. The van der Waals surface area contributed by atoms with Crippen molar-refractivity contribution in [2.45, 2.75) is 36.9 Å². The minimum absolute atomic E-state index is 0.0866. The van der Waals surface area contributed by atoms with Gasteiger partial charge in [-0.25, -0.2) is 0 Å². The van der Waals surface area contributed by atoms with Crippen molar-refractivity contribution in [1.82, 2.24) is 20.1 Å². The number of thioether (sulfide) groups is 1. The largest absolute Gasteiger partial charge is 0.349 e. The van der Waals surface area contributed by atoms with Gasteiger partial charge in [0.15, 0.2) is 5.16 Å². The third kappa shape index (κ3) is 4.82. The van der Waals surface area contributed by atoms with Gasteiger partial charge in [0.2, 0.25) is 5.91 Å². The van der Waals surface area contributed by atoms with Crippen LogP contribution in [0.25, 0.3) is 0 Å². The van der Waals surface area contributed by atoms with Gasteiger partial charge in [-0.2, -0.15) is 0 Å². The molecule has 3 rings (SSSR count). The molecule has 0 atom stereocenters. The first-order valence-corrected chi connectivity index (χ1v) is 9.28. The van der Waals surface area contributed by atoms with Crippen LogP contribution in [-0.2, 0) is 11.8 Å². The van der Waals surface area contributed by atoms with Crippen LogP contribution in [-0.4, -0.2) is 38.4 Å². The average Bonchev–Trinajstić information content (AvgIpc) is 3.25. The summed E-state index contributed by atoms with van der Waals surface area (Å²) >= 11 is 1.31. The number of carbonyl (C=O) groups is 2. The van der Waals surface area contributed by atoms with Gasteiger partial charge >= 0.3 is 0 Å². The van der Waals surface area contributed by atoms with Crippen molar-refractivity contribution in [2.24, 2.45) is 7.05 Å². The van der Waals surface area contributed by atoms with Crippen molar-refractivity contribution in [3.8, 4) is 0 Å². The highest BCUT2D eigenvalue weighted by molar-refractivity contribution is 7.99. The topological polar surface area (TPSA) is 88.9 Å². The lowest BCUT2D eigenvalue weighted by Crippen LogP contribution is -2.32. The van der Waals surface area contributed by atoms with Gasteiger partial charge < -0.3 is 15.2 Å². The number of hydrogen-bond donors (Lipinski definition) is 2. The molecule has 132 valence electrons. The van der Waals surface area contributed by atoms with Crippen LogP contribution in [0.4, 0.5) is 5.69 Å². The van der Waals surface area contributed by atoms with Crippen LogP contribution in [0.2, 0.25) is 0 Å². The quantitative estimate of drug-likeness (QED) is 0.772. The molecule has 2 N–H and O–H groups in total. The van der Waals surface area contributed by atoms with E-state index >= 15 is 0 Å². The van der Waals surface area contributed by atoms with E-state index in [1.54, 1.807) is 35.2 Å². The van der Waals surface area contributed by atoms with E-state index < -0.39 is 0 Å². The summed E-state index contributed by atoms with van der Waals surface area (Å²) in [6, 6.07) is 7.28. The molecule has 0 spiro atoms. The first kappa shape index (κ1) is 17.5. The average molecular weight is 359 g/mol. The van der Waals surface area contributed by atoms with E-state index in [4.69, 9.17) is 0 Å². The van der Waals surface area contributed by atoms with Crippen molar-refractivity contribution >= 4 is 29.3 Å². The summed E-state index contributed by atoms with van der Waals surface area (Å²) in [6.45, 7) is 0. The molecule has 0 radical (unpaired) electrons. The Morgan fingerprint density at radius 2 is 2.12 bits per heavy atom. The first-order valence-electron chi connectivity index (χ1n) is 8.29. The Labute approximate surface area is 150 Å². The Morgan fingerprint density at radius 3 is 2.84 bits per heavy atom. The number of nitrogens with one attached hydrogen (secondary N) is 2. The van der Waals surface area contributed by atoms with Gasteiger partial charge in [0.1, 0.15) is 6.33 Å². The number of rotatable bonds is 6. The SMILES string of the molecule is Cn1cnnc1SCC(=O)Nc1cccc(C(=O)NC2CCCC2)c1. The third-order valence-corrected chi connectivity index (χ3v) is 5.14. The highest BCUT2D eigenvalue weighted by atomic mass is 32.2. The standard InChI is InChI=1S/C17H21N5O2S/c1-22-11-18-21-17(22)25-10-15(23)19-14-8-4-5-12(9-14)16(24)20-13-6-2-3-7-13/h4-5,8-9,11,13H,2-3,6-7,10H2,1H3,(H,19,23)(H,20,24). The maximum atomic E-state index is 12.3. The van der Waals surface area contributed by atoms with Crippen LogP contribution in [0.3, 0.4) is 0 Å². The van der Waals surface area contributed by atoms with Gasteiger partial charge in [0.25, 0.3) is 5.91 Å². The Morgan fingerprint density at radius 1 is 1.32 bits per heavy atom. The molecule has 8 heteroatoms. The van der Waals surface area contributed by atoms with Gasteiger partial charge in [-0.3, -0.25) is 9.59 Å². The van der Waals surface area contributed by atoms with Crippen molar-refractivity contribution in [1.29, 1.82) is 0 Å². The van der Waals surface area contributed by atoms with Crippen LogP contribution < -0.4 is 10.6 Å². The Kier molecular flexibility index (Phi) is 5.70. The zero-order valence-corrected chi connectivity index (χ0v) is 14.9. The summed E-state index contributed by atoms with van der Waals surface area (Å²) in [6.07, 6.45) is 6.02. The molecule has 1 aromatic heterocycles. The smallest absolute Gasteiger partial charge is 0.251 e. The number of anilines is 1. The fourth-order valence-electron chi connectivity index (χ4n) is 2.81. The van der Waals surface area contributed by atoms with Crippen molar-refractivity contribution in [2.75, 3.05) is 11.1 Å². The number of amides is 2. The molecule has 2 amide bonds. The molecule has 1 saturated carbocycles. The van der Waals surface area contributed by atoms with E-state index in [-0.39, 0.29) is 23.6 Å². The van der Waals surface area contributed by atoms with Gasteiger partial charge in [0, 0.05) is 24.3 Å². The molecule has 1 fully saturated rings. The minimum Gasteiger partial charge on any atom is -0.349 e. The number of hydrogen-bond acceptors (Lipinski definition) is 5. The van der Waals surface area contributed by atoms with E-state index in [2.05, 4.69) is 20.8 Å². The van der Waals surface area contributed by atoms with E-state index in [1.165, 1.54) is 24.6 Å². The summed E-state index contributed by atoms with van der Waals surface area (Å²) in [5.41, 5.74) is 1.17. The fourth-order valence-corrected chi connectivity index (χ4v) is 3.50. The van der Waals surface area contributed by atoms with Crippen LogP contribution >= 0.6 is 11.8 Å². The summed E-state index contributed by atoms with van der Waals surface area (Å²) in [5.74, 6) is -0.0109. The fraction of sp³-hybridized carbons (Fsp3) is 0.412. The molecule has 1 aromatic carbocycles. The van der Waals surface area contributed by atoms with Gasteiger partial charge in [0.05, 0.1) is 5.75 Å². The van der Waals surface area contributed by atoms with Gasteiger partial charge in [-0.05, 0) is 31.0 Å². The minimum atomic E-state index is -0.152. The molecular formula is C17H21N5O2S. The molecule has 1 heterocycles. The maximum absolute atomic E-state index is 12.3. The molecule has 1 aliphatic carbocycles. The number of carbonyl (C=O) groups excluding carboxylic acids is 2. The van der Waals surface area contributed by atoms with Crippen molar-refractivity contribution in [3.05, 3.63) is 36.2 Å². The summed E-state index contributed by atoms with van der Waals surface area (Å²) < 4.78 is 1.76. The number of aryl methyl sites for hydroxylation is 1. The summed E-state index contributed by atoms with van der Waals surface area (Å²) in [4.78, 5) is 24.4. The van der Waals surface area contributed by atoms with E-state index in [0.29, 0.717) is 16.4 Å². The maximum Gasteiger partial charge on any atom is 0.251 e. The number of nitrogens with zero attached hydrogens (tertiary/aromatic N) is 3. The second kappa shape index (κ2) is 8.15. The van der Waals surface area contributed by atoms with Gasteiger partial charge in [-0.1, -0.05) is 30.7 Å². The predicted molar refractivity (Wildman–Crippen MR) is 96.5 cm³/mol. The lowest BCUT2D eigenvalue weighted by Gasteiger charge is -2.12. The molecule has 1 aliphatic rings. The van der Waals surface area contributed by atoms with E-state index in [1.807, 2.05) is 7.05 Å². The molecule has 2 aromatic rings. The molecule has 0 aliphatic heterocycles. The van der Waals surface area contributed by atoms with Crippen LogP contribution in [0.5, 0.6) is 0 Å². The Balaban J connectivity index is 1.54. The van der Waals surface area contributed by atoms with E-state index in [0.717, 1.165) is 12.8 Å². The molecule has 25 heavy (non-hydrogen) atoms. The highest BCUT2D eigenvalue weighted by Gasteiger charge is 2.18. The monoisotopic (exact) mass is 359 g/mol.